The van der Waals surface area contributed by atoms with Gasteiger partial charge in [-0.2, -0.15) is 0 Å². The van der Waals surface area contributed by atoms with Crippen LogP contribution in [0, 0.1) is 5.92 Å². The maximum atomic E-state index is 13.3. The van der Waals surface area contributed by atoms with Gasteiger partial charge in [0.1, 0.15) is 6.10 Å². The molecular formula is C28H32N2O6. The molecule has 190 valence electrons. The number of imide groups is 1. The van der Waals surface area contributed by atoms with E-state index in [-0.39, 0.29) is 24.3 Å². The van der Waals surface area contributed by atoms with Crippen LogP contribution in [0.25, 0.3) is 0 Å². The Morgan fingerprint density at radius 3 is 2.75 bits per heavy atom. The summed E-state index contributed by atoms with van der Waals surface area (Å²) in [5.74, 6) is 0.642. The van der Waals surface area contributed by atoms with Crippen LogP contribution in [0.15, 0.2) is 23.8 Å². The molecule has 7 rings (SSSR count). The van der Waals surface area contributed by atoms with Crippen LogP contribution in [0.4, 0.5) is 0 Å². The molecule has 2 saturated carbocycles. The van der Waals surface area contributed by atoms with Crippen molar-refractivity contribution in [1.82, 2.24) is 9.80 Å². The van der Waals surface area contributed by atoms with E-state index in [0.29, 0.717) is 48.7 Å². The molecule has 2 bridgehead atoms. The summed E-state index contributed by atoms with van der Waals surface area (Å²) >= 11 is 0. The highest BCUT2D eigenvalue weighted by molar-refractivity contribution is 6.13. The Morgan fingerprint density at radius 2 is 2.06 bits per heavy atom. The van der Waals surface area contributed by atoms with Gasteiger partial charge in [-0.15, -0.1) is 0 Å². The lowest BCUT2D eigenvalue weighted by atomic mass is 9.48. The fourth-order valence-corrected chi connectivity index (χ4v) is 8.10. The maximum Gasteiger partial charge on any atom is 0.308 e. The number of rotatable bonds is 4. The van der Waals surface area contributed by atoms with Gasteiger partial charge in [-0.1, -0.05) is 12.1 Å². The standard InChI is InChI=1S/C28H32N2O6/c1-3-17-13-22(32)30(26(17)33)19-8-9-28(34)21-12-18-6-7-20(35-15(2)31)24-23(18)27(28,25(19)36-24)10-11-29(21)14-16-4-5-16/h3,6-7,16,19,21,25,34H,4-5,8-14H2,1-2H3/t19-,21-,25+,27+,28?/m1/s1. The minimum absolute atomic E-state index is 0.0481. The van der Waals surface area contributed by atoms with Gasteiger partial charge in [-0.05, 0) is 69.5 Å². The van der Waals surface area contributed by atoms with E-state index in [4.69, 9.17) is 9.47 Å². The Kier molecular flexibility index (Phi) is 4.63. The molecule has 1 spiro atoms. The minimum Gasteiger partial charge on any atom is -0.483 e. The van der Waals surface area contributed by atoms with Gasteiger partial charge in [0.15, 0.2) is 11.5 Å². The number of allylic oxidation sites excluding steroid dienone is 1. The smallest absolute Gasteiger partial charge is 0.308 e. The number of hydrogen-bond donors (Lipinski definition) is 1. The lowest BCUT2D eigenvalue weighted by Crippen LogP contribution is -2.78. The third-order valence-corrected chi connectivity index (χ3v) is 9.75. The first-order valence-corrected chi connectivity index (χ1v) is 13.3. The summed E-state index contributed by atoms with van der Waals surface area (Å²) in [5.41, 5.74) is 0.720. The van der Waals surface area contributed by atoms with E-state index in [1.165, 1.54) is 24.7 Å². The molecule has 0 aromatic heterocycles. The van der Waals surface area contributed by atoms with Crippen LogP contribution in [0.1, 0.15) is 63.5 Å². The highest BCUT2D eigenvalue weighted by Crippen LogP contribution is 2.66. The molecule has 8 nitrogen and oxygen atoms in total. The van der Waals surface area contributed by atoms with E-state index < -0.39 is 29.1 Å². The minimum atomic E-state index is -1.05. The number of benzene rings is 1. The summed E-state index contributed by atoms with van der Waals surface area (Å²) in [6, 6.07) is 3.26. The van der Waals surface area contributed by atoms with E-state index in [0.717, 1.165) is 24.2 Å². The Balaban J connectivity index is 1.39. The maximum absolute atomic E-state index is 13.3. The van der Waals surface area contributed by atoms with E-state index in [1.807, 2.05) is 6.07 Å². The van der Waals surface area contributed by atoms with Gasteiger partial charge in [-0.3, -0.25) is 24.2 Å². The van der Waals surface area contributed by atoms with Crippen LogP contribution in [0.3, 0.4) is 0 Å². The Labute approximate surface area is 210 Å². The highest BCUT2D eigenvalue weighted by atomic mass is 16.6. The van der Waals surface area contributed by atoms with Crippen molar-refractivity contribution in [3.8, 4) is 11.5 Å². The van der Waals surface area contributed by atoms with E-state index in [9.17, 15) is 19.5 Å². The van der Waals surface area contributed by atoms with Crippen molar-refractivity contribution in [3.63, 3.8) is 0 Å². The van der Waals surface area contributed by atoms with E-state index in [2.05, 4.69) is 4.90 Å². The molecule has 6 aliphatic rings. The topological polar surface area (TPSA) is 96.4 Å². The first-order valence-electron chi connectivity index (χ1n) is 13.3. The molecule has 2 amide bonds. The number of aliphatic hydroxyl groups is 1. The average Bonchev–Trinajstić information content (AvgIpc) is 3.51. The van der Waals surface area contributed by atoms with Gasteiger partial charge in [0.05, 0.1) is 23.5 Å². The predicted molar refractivity (Wildman–Crippen MR) is 128 cm³/mol. The summed E-state index contributed by atoms with van der Waals surface area (Å²) < 4.78 is 12.2. The molecule has 36 heavy (non-hydrogen) atoms. The Bertz CT molecular complexity index is 1240. The first kappa shape index (κ1) is 22.5. The van der Waals surface area contributed by atoms with E-state index in [1.54, 1.807) is 19.1 Å². The molecule has 8 heteroatoms. The lowest BCUT2D eigenvalue weighted by Gasteiger charge is -2.64. The fourth-order valence-electron chi connectivity index (χ4n) is 8.10. The molecule has 0 radical (unpaired) electrons. The number of carbonyl (C=O) groups excluding carboxylic acids is 3. The number of amides is 2. The molecule has 1 aromatic carbocycles. The van der Waals surface area contributed by atoms with Crippen LogP contribution in [-0.4, -0.2) is 69.6 Å². The lowest BCUT2D eigenvalue weighted by molar-refractivity contribution is -0.201. The van der Waals surface area contributed by atoms with Gasteiger partial charge < -0.3 is 14.6 Å². The largest absolute Gasteiger partial charge is 0.483 e. The summed E-state index contributed by atoms with van der Waals surface area (Å²) in [4.78, 5) is 42.1. The first-order chi connectivity index (χ1) is 17.3. The van der Waals surface area contributed by atoms with Crippen molar-refractivity contribution >= 4 is 17.8 Å². The van der Waals surface area contributed by atoms with Crippen LogP contribution < -0.4 is 9.47 Å². The number of esters is 1. The zero-order valence-electron chi connectivity index (χ0n) is 20.8. The second kappa shape index (κ2) is 7.42. The molecule has 1 N–H and O–H groups in total. The fraction of sp³-hybridized carbons (Fsp3) is 0.607. The van der Waals surface area contributed by atoms with Crippen molar-refractivity contribution in [2.75, 3.05) is 13.1 Å². The van der Waals surface area contributed by atoms with Crippen molar-refractivity contribution < 1.29 is 29.0 Å². The quantitative estimate of drug-likeness (QED) is 0.298. The molecule has 1 unspecified atom stereocenters. The molecular weight excluding hydrogens is 460 g/mol. The predicted octanol–water partition coefficient (Wildman–Crippen LogP) is 2.25. The normalized spacial score (nSPS) is 37.8. The van der Waals surface area contributed by atoms with Gasteiger partial charge in [-0.25, -0.2) is 0 Å². The van der Waals surface area contributed by atoms with E-state index >= 15 is 0 Å². The third kappa shape index (κ3) is 2.74. The second-order valence-electron chi connectivity index (χ2n) is 11.5. The second-order valence-corrected chi connectivity index (χ2v) is 11.5. The van der Waals surface area contributed by atoms with Crippen LogP contribution in [0.5, 0.6) is 11.5 Å². The SMILES string of the molecule is CC=C1CC(=O)N([C@@H]2CCC3(O)[C@H]4Cc5ccc(OC(C)=O)c6c5[C@@]3(CCN4CC3CC3)[C@H]2O6)C1=O. The van der Waals surface area contributed by atoms with Gasteiger partial charge in [0, 0.05) is 30.6 Å². The van der Waals surface area contributed by atoms with Crippen LogP contribution in [0.2, 0.25) is 0 Å². The summed E-state index contributed by atoms with van der Waals surface area (Å²) in [5, 5.41) is 12.6. The number of hydrogen-bond acceptors (Lipinski definition) is 7. The molecule has 4 fully saturated rings. The summed E-state index contributed by atoms with van der Waals surface area (Å²) in [6.45, 7) is 4.97. The number of carbonyl (C=O) groups is 3. The molecule has 5 atom stereocenters. The Hall–Kier alpha value is -2.71. The summed E-state index contributed by atoms with van der Waals surface area (Å²) in [7, 11) is 0. The van der Waals surface area contributed by atoms with Gasteiger partial charge >= 0.3 is 5.97 Å². The van der Waals surface area contributed by atoms with Crippen molar-refractivity contribution in [2.45, 2.75) is 88.0 Å². The van der Waals surface area contributed by atoms with Crippen molar-refractivity contribution in [2.24, 2.45) is 5.92 Å². The van der Waals surface area contributed by atoms with Crippen molar-refractivity contribution in [3.05, 3.63) is 34.9 Å². The number of nitrogens with zero attached hydrogens (tertiary/aromatic N) is 2. The number of piperidine rings is 1. The van der Waals surface area contributed by atoms with Crippen LogP contribution >= 0.6 is 0 Å². The number of ether oxygens (including phenoxy) is 2. The summed E-state index contributed by atoms with van der Waals surface area (Å²) in [6.07, 6.45) is 6.08. The molecule has 3 aliphatic heterocycles. The number of likely N-dealkylation sites (tertiary alicyclic amines) is 2. The Morgan fingerprint density at radius 1 is 1.25 bits per heavy atom. The van der Waals surface area contributed by atoms with Crippen molar-refractivity contribution in [1.29, 1.82) is 0 Å². The zero-order valence-corrected chi connectivity index (χ0v) is 20.8. The third-order valence-electron chi connectivity index (χ3n) is 9.75. The molecule has 3 heterocycles. The highest BCUT2D eigenvalue weighted by Gasteiger charge is 2.74. The zero-order chi connectivity index (χ0) is 25.0. The van der Waals surface area contributed by atoms with Crippen LogP contribution in [-0.2, 0) is 26.2 Å². The monoisotopic (exact) mass is 492 g/mol. The molecule has 2 saturated heterocycles. The molecule has 3 aliphatic carbocycles. The van der Waals surface area contributed by atoms with Gasteiger partial charge in [0.2, 0.25) is 5.91 Å². The average molecular weight is 493 g/mol. The molecule has 1 aromatic rings. The van der Waals surface area contributed by atoms with Gasteiger partial charge in [0.25, 0.3) is 5.91 Å².